The molecular formula is C34H39N5O4. The number of aromatic nitrogens is 2. The summed E-state index contributed by atoms with van der Waals surface area (Å²) < 4.78 is 12.9. The molecule has 1 N–H and O–H groups in total. The molecule has 9 nitrogen and oxygen atoms in total. The van der Waals surface area contributed by atoms with Gasteiger partial charge >= 0.3 is 12.1 Å². The fraction of sp³-hybridized carbons (Fsp3) is 0.412. The van der Waals surface area contributed by atoms with Crippen molar-refractivity contribution in [3.8, 4) is 6.07 Å². The van der Waals surface area contributed by atoms with Crippen LogP contribution in [0.4, 0.5) is 10.5 Å². The van der Waals surface area contributed by atoms with Gasteiger partial charge in [-0.25, -0.2) is 14.6 Å². The van der Waals surface area contributed by atoms with Gasteiger partial charge < -0.3 is 24.3 Å². The minimum absolute atomic E-state index is 0.0936. The number of anilines is 1. The third-order valence-corrected chi connectivity index (χ3v) is 7.77. The van der Waals surface area contributed by atoms with Crippen LogP contribution >= 0.6 is 0 Å². The van der Waals surface area contributed by atoms with Crippen molar-refractivity contribution in [3.63, 3.8) is 0 Å². The van der Waals surface area contributed by atoms with Gasteiger partial charge in [0.2, 0.25) is 0 Å². The highest BCUT2D eigenvalue weighted by Gasteiger charge is 2.28. The number of fused-ring (bicyclic) bond motifs is 2. The van der Waals surface area contributed by atoms with Crippen LogP contribution in [0.3, 0.4) is 0 Å². The number of hydrogen-bond acceptors (Lipinski definition) is 7. The summed E-state index contributed by atoms with van der Waals surface area (Å²) in [5.74, 6) is 0.516. The van der Waals surface area contributed by atoms with E-state index < -0.39 is 11.6 Å². The van der Waals surface area contributed by atoms with E-state index in [-0.39, 0.29) is 18.1 Å². The molecule has 1 aliphatic rings. The van der Waals surface area contributed by atoms with Gasteiger partial charge in [-0.2, -0.15) is 5.26 Å². The molecular weight excluding hydrogens is 542 g/mol. The normalized spacial score (nSPS) is 14.2. The molecule has 9 heteroatoms. The van der Waals surface area contributed by atoms with Crippen molar-refractivity contribution >= 4 is 39.6 Å². The molecule has 0 aliphatic carbocycles. The van der Waals surface area contributed by atoms with Gasteiger partial charge in [0.05, 0.1) is 35.3 Å². The average Bonchev–Trinajstić information content (AvgIpc) is 3.34. The van der Waals surface area contributed by atoms with Crippen LogP contribution in [-0.4, -0.2) is 58.4 Å². The van der Waals surface area contributed by atoms with Crippen molar-refractivity contribution in [3.05, 3.63) is 71.0 Å². The number of benzene rings is 3. The number of esters is 1. The van der Waals surface area contributed by atoms with Crippen LogP contribution in [0.25, 0.3) is 21.8 Å². The number of nitrogens with zero attached hydrogens (tertiary/aromatic N) is 4. The van der Waals surface area contributed by atoms with Gasteiger partial charge in [0.15, 0.2) is 0 Å². The number of carbonyl (C=O) groups excluding carboxylic acids is 2. The maximum Gasteiger partial charge on any atom is 0.410 e. The lowest BCUT2D eigenvalue weighted by atomic mass is 9.99. The van der Waals surface area contributed by atoms with Crippen LogP contribution in [-0.2, 0) is 16.0 Å². The Bertz CT molecular complexity index is 1720. The number of carbonyl (C=O) groups is 2. The summed E-state index contributed by atoms with van der Waals surface area (Å²) in [5, 5.41) is 15.1. The van der Waals surface area contributed by atoms with E-state index in [1.54, 1.807) is 4.90 Å². The zero-order valence-electron chi connectivity index (χ0n) is 25.7. The second-order valence-corrected chi connectivity index (χ2v) is 12.4. The van der Waals surface area contributed by atoms with Gasteiger partial charge in [0.1, 0.15) is 11.4 Å². The molecule has 224 valence electrons. The van der Waals surface area contributed by atoms with E-state index in [1.165, 1.54) is 7.11 Å². The summed E-state index contributed by atoms with van der Waals surface area (Å²) >= 11 is 0. The zero-order chi connectivity index (χ0) is 30.9. The Morgan fingerprint density at radius 3 is 2.42 bits per heavy atom. The average molecular weight is 582 g/mol. The molecule has 3 aromatic carbocycles. The molecule has 4 aromatic rings. The molecule has 0 unspecified atom stereocenters. The largest absolute Gasteiger partial charge is 0.465 e. The highest BCUT2D eigenvalue weighted by Crippen LogP contribution is 2.32. The van der Waals surface area contributed by atoms with E-state index in [1.807, 2.05) is 69.3 Å². The molecule has 0 atom stereocenters. The third kappa shape index (κ3) is 6.29. The molecule has 43 heavy (non-hydrogen) atoms. The van der Waals surface area contributed by atoms with Gasteiger partial charge in [0, 0.05) is 37.3 Å². The molecule has 5 rings (SSSR count). The number of amides is 1. The summed E-state index contributed by atoms with van der Waals surface area (Å²) in [6.07, 6.45) is 1.21. The first-order valence-electron chi connectivity index (χ1n) is 14.8. The second kappa shape index (κ2) is 12.0. The van der Waals surface area contributed by atoms with Crippen molar-refractivity contribution in [1.82, 2.24) is 14.5 Å². The zero-order valence-corrected chi connectivity index (χ0v) is 25.7. The molecule has 2 heterocycles. The molecule has 1 saturated heterocycles. The number of rotatable bonds is 6. The van der Waals surface area contributed by atoms with Crippen LogP contribution in [0.2, 0.25) is 0 Å². The summed E-state index contributed by atoms with van der Waals surface area (Å²) in [6, 6.07) is 18.0. The SMILES string of the molecule is COC(=O)c1cc(NC2CCN(C(=O)OC(C)(C)C)CC2)cc2nc(C(C)C)n(Cc3ccc(C#N)c4ccccc34)c12. The number of nitriles is 1. The van der Waals surface area contributed by atoms with E-state index in [4.69, 9.17) is 14.5 Å². The van der Waals surface area contributed by atoms with E-state index in [9.17, 15) is 14.9 Å². The first-order valence-corrected chi connectivity index (χ1v) is 14.8. The summed E-state index contributed by atoms with van der Waals surface area (Å²) in [6.45, 7) is 11.4. The Labute approximate surface area is 252 Å². The number of likely N-dealkylation sites (tertiary alicyclic amines) is 1. The molecule has 0 radical (unpaired) electrons. The van der Waals surface area contributed by atoms with Gasteiger partial charge in [-0.15, -0.1) is 0 Å². The van der Waals surface area contributed by atoms with Crippen LogP contribution in [0.1, 0.15) is 80.7 Å². The predicted molar refractivity (Wildman–Crippen MR) is 167 cm³/mol. The smallest absolute Gasteiger partial charge is 0.410 e. The van der Waals surface area contributed by atoms with E-state index in [0.717, 1.165) is 40.7 Å². The second-order valence-electron chi connectivity index (χ2n) is 12.4. The van der Waals surface area contributed by atoms with Gasteiger partial charge in [0.25, 0.3) is 0 Å². The Kier molecular flexibility index (Phi) is 8.32. The summed E-state index contributed by atoms with van der Waals surface area (Å²) in [5.41, 5.74) is 3.77. The standard InChI is InChI=1S/C34H39N5O4/c1-21(2)31-37-29-18-25(36-24-13-15-38(16-14-24)33(41)43-34(3,4)5)17-28(32(40)42-6)30(29)39(31)20-23-12-11-22(19-35)26-9-7-8-10-27(23)26/h7-12,17-18,21,24,36H,13-16,20H2,1-6H3. The van der Waals surface area contributed by atoms with Gasteiger partial charge in [-0.3, -0.25) is 0 Å². The Balaban J connectivity index is 1.49. The topological polar surface area (TPSA) is 109 Å². The lowest BCUT2D eigenvalue weighted by Gasteiger charge is -2.34. The third-order valence-electron chi connectivity index (χ3n) is 7.77. The van der Waals surface area contributed by atoms with E-state index >= 15 is 0 Å². The Morgan fingerprint density at radius 2 is 1.79 bits per heavy atom. The maximum atomic E-state index is 13.2. The van der Waals surface area contributed by atoms with Gasteiger partial charge in [-0.05, 0) is 68.1 Å². The number of piperidine rings is 1. The fourth-order valence-corrected chi connectivity index (χ4v) is 5.77. The monoisotopic (exact) mass is 581 g/mol. The molecule has 0 saturated carbocycles. The minimum atomic E-state index is -0.530. The highest BCUT2D eigenvalue weighted by atomic mass is 16.6. The van der Waals surface area contributed by atoms with Crippen LogP contribution in [0, 0.1) is 11.3 Å². The van der Waals surface area contributed by atoms with Crippen molar-refractivity contribution in [2.75, 3.05) is 25.5 Å². The van der Waals surface area contributed by atoms with Crippen LogP contribution < -0.4 is 5.32 Å². The number of imidazole rings is 1. The summed E-state index contributed by atoms with van der Waals surface area (Å²) in [7, 11) is 1.39. The number of nitrogens with one attached hydrogen (secondary N) is 1. The van der Waals surface area contributed by atoms with Crippen LogP contribution in [0.15, 0.2) is 48.5 Å². The molecule has 1 aromatic heterocycles. The maximum absolute atomic E-state index is 13.2. The van der Waals surface area contributed by atoms with E-state index in [0.29, 0.717) is 41.8 Å². The molecule has 0 spiro atoms. The summed E-state index contributed by atoms with van der Waals surface area (Å²) in [4.78, 5) is 32.5. The predicted octanol–water partition coefficient (Wildman–Crippen LogP) is 6.83. The Morgan fingerprint density at radius 1 is 1.09 bits per heavy atom. The number of methoxy groups -OCH3 is 1. The van der Waals surface area contributed by atoms with Gasteiger partial charge in [-0.1, -0.05) is 44.2 Å². The fourth-order valence-electron chi connectivity index (χ4n) is 5.77. The highest BCUT2D eigenvalue weighted by molar-refractivity contribution is 6.04. The lowest BCUT2D eigenvalue weighted by molar-refractivity contribution is 0.0210. The molecule has 0 bridgehead atoms. The minimum Gasteiger partial charge on any atom is -0.465 e. The number of hydrogen-bond donors (Lipinski definition) is 1. The first-order chi connectivity index (χ1) is 20.5. The lowest BCUT2D eigenvalue weighted by Crippen LogP contribution is -2.44. The number of ether oxygens (including phenoxy) is 2. The molecule has 1 fully saturated rings. The Hall–Kier alpha value is -4.58. The van der Waals surface area contributed by atoms with Crippen molar-refractivity contribution in [1.29, 1.82) is 5.26 Å². The van der Waals surface area contributed by atoms with Crippen LogP contribution in [0.5, 0.6) is 0 Å². The quantitative estimate of drug-likeness (QED) is 0.249. The van der Waals surface area contributed by atoms with E-state index in [2.05, 4.69) is 29.8 Å². The first kappa shape index (κ1) is 29.9. The van der Waals surface area contributed by atoms with Crippen molar-refractivity contribution in [2.45, 2.75) is 71.6 Å². The molecule has 1 amide bonds. The van der Waals surface area contributed by atoms with Crippen molar-refractivity contribution < 1.29 is 19.1 Å². The molecule has 1 aliphatic heterocycles. The van der Waals surface area contributed by atoms with Crippen molar-refractivity contribution in [2.24, 2.45) is 0 Å².